The molecule has 0 bridgehead atoms. The minimum absolute atomic E-state index is 0.0118. The Morgan fingerprint density at radius 2 is 1.87 bits per heavy atom. The summed E-state index contributed by atoms with van der Waals surface area (Å²) in [6.45, 7) is 6.96. The van der Waals surface area contributed by atoms with E-state index in [1.807, 2.05) is 13.0 Å². The van der Waals surface area contributed by atoms with Crippen molar-refractivity contribution in [2.24, 2.45) is 0 Å². The van der Waals surface area contributed by atoms with E-state index in [0.717, 1.165) is 37.8 Å². The smallest absolute Gasteiger partial charge is 0.260 e. The fourth-order valence-corrected chi connectivity index (χ4v) is 1.12. The summed E-state index contributed by atoms with van der Waals surface area (Å²) in [4.78, 5) is 11.5. The summed E-state index contributed by atoms with van der Waals surface area (Å²) in [5.41, 5.74) is 6.40. The lowest BCUT2D eigenvalue weighted by atomic mass is 10.2. The van der Waals surface area contributed by atoms with E-state index in [-0.39, 0.29) is 5.91 Å². The average molecular weight is 212 g/mol. The molecule has 0 saturated heterocycles. The van der Waals surface area contributed by atoms with Gasteiger partial charge in [0.25, 0.3) is 5.91 Å². The molecule has 0 aliphatic heterocycles. The maximum atomic E-state index is 11.5. The fourth-order valence-electron chi connectivity index (χ4n) is 1.12. The third-order valence-electron chi connectivity index (χ3n) is 2.22. The molecule has 0 aromatic carbocycles. The number of amides is 1. The zero-order valence-electron chi connectivity index (χ0n) is 10.2. The summed E-state index contributed by atoms with van der Waals surface area (Å²) in [7, 11) is 0. The Bertz CT molecular complexity index is 200. The molecule has 0 fully saturated rings. The maximum Gasteiger partial charge on any atom is 0.260 e. The Kier molecular flexibility index (Phi) is 9.18. The quantitative estimate of drug-likeness (QED) is 0.369. The zero-order chi connectivity index (χ0) is 11.5. The highest BCUT2D eigenvalue weighted by Crippen LogP contribution is 2.00. The Morgan fingerprint density at radius 1 is 1.20 bits per heavy atom. The number of unbranched alkanes of at least 4 members (excludes halogenated alkanes) is 3. The minimum Gasteiger partial charge on any atom is -0.288 e. The van der Waals surface area contributed by atoms with Crippen LogP contribution in [0.5, 0.6) is 0 Å². The highest BCUT2D eigenvalue weighted by atomic mass is 16.2. The number of hydrazine groups is 1. The molecular formula is C12H24N2O. The van der Waals surface area contributed by atoms with Crippen molar-refractivity contribution in [3.8, 4) is 0 Å². The molecule has 0 rings (SSSR count). The van der Waals surface area contributed by atoms with Crippen molar-refractivity contribution >= 4 is 5.91 Å². The van der Waals surface area contributed by atoms with Gasteiger partial charge in [-0.15, -0.1) is 0 Å². The van der Waals surface area contributed by atoms with Crippen molar-refractivity contribution in [3.05, 3.63) is 11.6 Å². The molecule has 0 spiro atoms. The Hall–Kier alpha value is -0.830. The first-order valence-corrected chi connectivity index (χ1v) is 5.92. The fraction of sp³-hybridized carbons (Fsp3) is 0.750. The Labute approximate surface area is 93.3 Å². The molecule has 3 heteroatoms. The zero-order valence-corrected chi connectivity index (χ0v) is 10.2. The van der Waals surface area contributed by atoms with E-state index in [1.54, 1.807) is 0 Å². The topological polar surface area (TPSA) is 41.1 Å². The van der Waals surface area contributed by atoms with Crippen LogP contribution in [0.1, 0.15) is 52.9 Å². The third kappa shape index (κ3) is 8.18. The molecule has 0 aliphatic carbocycles. The van der Waals surface area contributed by atoms with Gasteiger partial charge in [0.1, 0.15) is 0 Å². The molecule has 88 valence electrons. The van der Waals surface area contributed by atoms with Crippen molar-refractivity contribution in [2.45, 2.75) is 52.9 Å². The van der Waals surface area contributed by atoms with Gasteiger partial charge in [-0.2, -0.15) is 0 Å². The molecule has 0 atom stereocenters. The number of nitrogens with one attached hydrogen (secondary N) is 2. The summed E-state index contributed by atoms with van der Waals surface area (Å²) in [5, 5.41) is 0. The second-order valence-electron chi connectivity index (χ2n) is 3.76. The summed E-state index contributed by atoms with van der Waals surface area (Å²) < 4.78 is 0. The van der Waals surface area contributed by atoms with Crippen LogP contribution in [0.2, 0.25) is 0 Å². The van der Waals surface area contributed by atoms with Crippen molar-refractivity contribution < 1.29 is 4.79 Å². The van der Waals surface area contributed by atoms with Crippen LogP contribution in [0.3, 0.4) is 0 Å². The Balaban J connectivity index is 3.63. The van der Waals surface area contributed by atoms with Gasteiger partial charge in [0.15, 0.2) is 0 Å². The summed E-state index contributed by atoms with van der Waals surface area (Å²) >= 11 is 0. The van der Waals surface area contributed by atoms with Crippen LogP contribution in [-0.2, 0) is 4.79 Å². The molecule has 15 heavy (non-hydrogen) atoms. The molecule has 0 aromatic heterocycles. The number of hydrogen-bond acceptors (Lipinski definition) is 2. The van der Waals surface area contributed by atoms with Gasteiger partial charge in [0, 0.05) is 12.1 Å². The second-order valence-corrected chi connectivity index (χ2v) is 3.76. The van der Waals surface area contributed by atoms with Gasteiger partial charge in [-0.3, -0.25) is 10.2 Å². The van der Waals surface area contributed by atoms with Crippen LogP contribution in [0.4, 0.5) is 0 Å². The predicted octanol–water partition coefficient (Wildman–Crippen LogP) is 2.54. The minimum atomic E-state index is -0.0118. The molecule has 0 heterocycles. The van der Waals surface area contributed by atoms with Crippen LogP contribution >= 0.6 is 0 Å². The van der Waals surface area contributed by atoms with Gasteiger partial charge in [0.05, 0.1) is 0 Å². The van der Waals surface area contributed by atoms with Crippen molar-refractivity contribution in [3.63, 3.8) is 0 Å². The van der Waals surface area contributed by atoms with Gasteiger partial charge in [-0.25, -0.2) is 5.43 Å². The van der Waals surface area contributed by atoms with Gasteiger partial charge >= 0.3 is 0 Å². The number of hydrogen-bond donors (Lipinski definition) is 2. The van der Waals surface area contributed by atoms with E-state index in [0.29, 0.717) is 0 Å². The monoisotopic (exact) mass is 212 g/mol. The van der Waals surface area contributed by atoms with E-state index in [4.69, 9.17) is 0 Å². The number of rotatable bonds is 8. The molecule has 2 N–H and O–H groups in total. The number of carbonyl (C=O) groups is 1. The maximum absolute atomic E-state index is 11.5. The van der Waals surface area contributed by atoms with E-state index in [1.165, 1.54) is 6.42 Å². The third-order valence-corrected chi connectivity index (χ3v) is 2.22. The standard InChI is InChI=1S/C12H24N2O/c1-4-6-8-9-11(3)12(15)14-13-10-7-5-2/h9,13H,4-8,10H2,1-3H3,(H,14,15). The molecular weight excluding hydrogens is 188 g/mol. The number of allylic oxidation sites excluding steroid dienone is 1. The lowest BCUT2D eigenvalue weighted by Gasteiger charge is -2.06. The molecule has 1 amide bonds. The van der Waals surface area contributed by atoms with E-state index >= 15 is 0 Å². The average Bonchev–Trinajstić information content (AvgIpc) is 2.24. The lowest BCUT2D eigenvalue weighted by molar-refractivity contribution is -0.118. The van der Waals surface area contributed by atoms with Crippen LogP contribution in [0.15, 0.2) is 11.6 Å². The van der Waals surface area contributed by atoms with Crippen molar-refractivity contribution in [1.29, 1.82) is 0 Å². The first-order valence-electron chi connectivity index (χ1n) is 5.92. The first-order chi connectivity index (χ1) is 7.22. The van der Waals surface area contributed by atoms with Crippen molar-refractivity contribution in [1.82, 2.24) is 10.9 Å². The van der Waals surface area contributed by atoms with Crippen LogP contribution in [-0.4, -0.2) is 12.5 Å². The molecule has 0 radical (unpaired) electrons. The van der Waals surface area contributed by atoms with E-state index in [2.05, 4.69) is 24.7 Å². The van der Waals surface area contributed by atoms with Crippen LogP contribution in [0.25, 0.3) is 0 Å². The highest BCUT2D eigenvalue weighted by Gasteiger charge is 2.01. The molecule has 0 aliphatic rings. The van der Waals surface area contributed by atoms with Gasteiger partial charge in [0.2, 0.25) is 0 Å². The number of carbonyl (C=O) groups excluding carboxylic acids is 1. The molecule has 0 saturated carbocycles. The van der Waals surface area contributed by atoms with E-state index in [9.17, 15) is 4.79 Å². The second kappa shape index (κ2) is 9.71. The predicted molar refractivity (Wildman–Crippen MR) is 64.3 cm³/mol. The van der Waals surface area contributed by atoms with Crippen LogP contribution < -0.4 is 10.9 Å². The first kappa shape index (κ1) is 14.2. The van der Waals surface area contributed by atoms with E-state index < -0.39 is 0 Å². The van der Waals surface area contributed by atoms with Crippen LogP contribution in [0, 0.1) is 0 Å². The van der Waals surface area contributed by atoms with Gasteiger partial charge < -0.3 is 0 Å². The summed E-state index contributed by atoms with van der Waals surface area (Å²) in [6.07, 6.45) is 7.52. The summed E-state index contributed by atoms with van der Waals surface area (Å²) in [6, 6.07) is 0. The van der Waals surface area contributed by atoms with Crippen molar-refractivity contribution in [2.75, 3.05) is 6.54 Å². The molecule has 3 nitrogen and oxygen atoms in total. The normalized spacial score (nSPS) is 11.5. The highest BCUT2D eigenvalue weighted by molar-refractivity contribution is 5.92. The summed E-state index contributed by atoms with van der Waals surface area (Å²) in [5.74, 6) is -0.0118. The molecule has 0 unspecified atom stereocenters. The Morgan fingerprint density at radius 3 is 2.47 bits per heavy atom. The van der Waals surface area contributed by atoms with Gasteiger partial charge in [-0.05, 0) is 19.8 Å². The SMILES string of the molecule is CCCCC=C(C)C(=O)NNCCCC. The van der Waals surface area contributed by atoms with Gasteiger partial charge in [-0.1, -0.05) is 39.2 Å². The molecule has 0 aromatic rings. The lowest BCUT2D eigenvalue weighted by Crippen LogP contribution is -2.38. The largest absolute Gasteiger partial charge is 0.288 e.